The van der Waals surface area contributed by atoms with Crippen molar-refractivity contribution in [3.63, 3.8) is 0 Å². The van der Waals surface area contributed by atoms with Crippen LogP contribution in [0, 0.1) is 15.5 Å². The summed E-state index contributed by atoms with van der Waals surface area (Å²) >= 11 is 0. The van der Waals surface area contributed by atoms with Gasteiger partial charge in [-0.05, 0) is 23.9 Å². The van der Waals surface area contributed by atoms with Crippen LogP contribution in [-0.2, 0) is 11.2 Å². The molecular formula is C14H19N3O3. The second-order valence-electron chi connectivity index (χ2n) is 5.68. The third-order valence-electron chi connectivity index (χ3n) is 3.91. The third kappa shape index (κ3) is 3.14. The van der Waals surface area contributed by atoms with Crippen LogP contribution in [0.4, 0.5) is 5.69 Å². The SMILES string of the molecule is CC1(CN)CCN(C(=O)Cc2ccc([N+](=O)[O-])cc2)C1. The van der Waals surface area contributed by atoms with Crippen molar-refractivity contribution < 1.29 is 9.72 Å². The molecule has 1 atom stereocenters. The molecule has 1 aromatic rings. The first-order valence-corrected chi connectivity index (χ1v) is 6.65. The maximum Gasteiger partial charge on any atom is 0.269 e. The molecule has 1 heterocycles. The topological polar surface area (TPSA) is 89.5 Å². The van der Waals surface area contributed by atoms with Gasteiger partial charge >= 0.3 is 0 Å². The quantitative estimate of drug-likeness (QED) is 0.664. The first-order chi connectivity index (χ1) is 9.43. The van der Waals surface area contributed by atoms with Crippen molar-refractivity contribution in [3.05, 3.63) is 39.9 Å². The predicted octanol–water partition coefficient (Wildman–Crippen LogP) is 1.33. The molecule has 20 heavy (non-hydrogen) atoms. The highest BCUT2D eigenvalue weighted by atomic mass is 16.6. The fourth-order valence-electron chi connectivity index (χ4n) is 2.43. The van der Waals surface area contributed by atoms with E-state index in [0.29, 0.717) is 13.1 Å². The molecule has 0 bridgehead atoms. The monoisotopic (exact) mass is 277 g/mol. The number of nitro groups is 1. The summed E-state index contributed by atoms with van der Waals surface area (Å²) in [6.07, 6.45) is 1.20. The van der Waals surface area contributed by atoms with E-state index < -0.39 is 4.92 Å². The van der Waals surface area contributed by atoms with Gasteiger partial charge in [0.1, 0.15) is 0 Å². The van der Waals surface area contributed by atoms with Crippen molar-refractivity contribution in [1.29, 1.82) is 0 Å². The summed E-state index contributed by atoms with van der Waals surface area (Å²) in [5.74, 6) is 0.0519. The lowest BCUT2D eigenvalue weighted by atomic mass is 9.90. The number of amides is 1. The second-order valence-corrected chi connectivity index (χ2v) is 5.68. The number of nitrogens with two attached hydrogens (primary N) is 1. The summed E-state index contributed by atoms with van der Waals surface area (Å²) in [4.78, 5) is 24.1. The Morgan fingerprint density at radius 1 is 1.45 bits per heavy atom. The van der Waals surface area contributed by atoms with E-state index in [1.807, 2.05) is 4.90 Å². The predicted molar refractivity (Wildman–Crippen MR) is 75.2 cm³/mol. The van der Waals surface area contributed by atoms with Gasteiger partial charge in [0, 0.05) is 25.2 Å². The second kappa shape index (κ2) is 5.58. The maximum absolute atomic E-state index is 12.2. The van der Waals surface area contributed by atoms with Gasteiger partial charge in [-0.2, -0.15) is 0 Å². The van der Waals surface area contributed by atoms with Crippen LogP contribution in [0.5, 0.6) is 0 Å². The van der Waals surface area contributed by atoms with Crippen LogP contribution < -0.4 is 5.73 Å². The van der Waals surface area contributed by atoms with Crippen LogP contribution in [0.2, 0.25) is 0 Å². The number of hydrogen-bond donors (Lipinski definition) is 1. The van der Waals surface area contributed by atoms with E-state index in [1.165, 1.54) is 12.1 Å². The van der Waals surface area contributed by atoms with E-state index in [9.17, 15) is 14.9 Å². The van der Waals surface area contributed by atoms with E-state index in [-0.39, 0.29) is 23.4 Å². The van der Waals surface area contributed by atoms with Gasteiger partial charge in [0.15, 0.2) is 0 Å². The third-order valence-corrected chi connectivity index (χ3v) is 3.91. The highest BCUT2D eigenvalue weighted by Crippen LogP contribution is 2.28. The average Bonchev–Trinajstić information content (AvgIpc) is 2.83. The highest BCUT2D eigenvalue weighted by molar-refractivity contribution is 5.79. The Kier molecular flexibility index (Phi) is 4.04. The minimum atomic E-state index is -0.446. The van der Waals surface area contributed by atoms with Gasteiger partial charge in [0.25, 0.3) is 5.69 Å². The zero-order valence-electron chi connectivity index (χ0n) is 11.5. The van der Waals surface area contributed by atoms with Crippen molar-refractivity contribution in [2.24, 2.45) is 11.1 Å². The number of hydrogen-bond acceptors (Lipinski definition) is 4. The number of benzene rings is 1. The molecule has 2 rings (SSSR count). The summed E-state index contributed by atoms with van der Waals surface area (Å²) in [5, 5.41) is 10.6. The number of likely N-dealkylation sites (tertiary alicyclic amines) is 1. The van der Waals surface area contributed by atoms with Gasteiger partial charge in [-0.1, -0.05) is 19.1 Å². The Hall–Kier alpha value is -1.95. The number of carbonyl (C=O) groups is 1. The Morgan fingerprint density at radius 2 is 2.10 bits per heavy atom. The molecule has 1 aliphatic heterocycles. The van der Waals surface area contributed by atoms with E-state index in [4.69, 9.17) is 5.73 Å². The Morgan fingerprint density at radius 3 is 2.60 bits per heavy atom. The molecule has 0 spiro atoms. The summed E-state index contributed by atoms with van der Waals surface area (Å²) < 4.78 is 0. The number of carbonyl (C=O) groups excluding carboxylic acids is 1. The van der Waals surface area contributed by atoms with E-state index in [0.717, 1.165) is 18.5 Å². The first kappa shape index (κ1) is 14.5. The normalized spacial score (nSPS) is 22.0. The molecule has 0 radical (unpaired) electrons. The van der Waals surface area contributed by atoms with Crippen LogP contribution in [0.25, 0.3) is 0 Å². The minimum Gasteiger partial charge on any atom is -0.342 e. The van der Waals surface area contributed by atoms with Crippen molar-refractivity contribution in [2.75, 3.05) is 19.6 Å². The molecule has 1 saturated heterocycles. The largest absolute Gasteiger partial charge is 0.342 e. The lowest BCUT2D eigenvalue weighted by Gasteiger charge is -2.22. The standard InChI is InChI=1S/C14H19N3O3/c1-14(9-15)6-7-16(10-14)13(18)8-11-2-4-12(5-3-11)17(19)20/h2-5H,6-10,15H2,1H3. The fourth-order valence-corrected chi connectivity index (χ4v) is 2.43. The molecule has 0 aromatic heterocycles. The van der Waals surface area contributed by atoms with Gasteiger partial charge < -0.3 is 10.6 Å². The number of rotatable bonds is 4. The van der Waals surface area contributed by atoms with E-state index in [1.54, 1.807) is 12.1 Å². The van der Waals surface area contributed by atoms with Crippen molar-refractivity contribution >= 4 is 11.6 Å². The molecule has 1 aromatic carbocycles. The number of nitro benzene ring substituents is 1. The summed E-state index contributed by atoms with van der Waals surface area (Å²) in [6, 6.07) is 6.12. The molecule has 1 unspecified atom stereocenters. The van der Waals surface area contributed by atoms with Crippen LogP contribution in [0.1, 0.15) is 18.9 Å². The van der Waals surface area contributed by atoms with Crippen molar-refractivity contribution in [2.45, 2.75) is 19.8 Å². The van der Waals surface area contributed by atoms with Crippen molar-refractivity contribution in [1.82, 2.24) is 4.90 Å². The van der Waals surface area contributed by atoms with Crippen molar-refractivity contribution in [3.8, 4) is 0 Å². The maximum atomic E-state index is 12.2. The first-order valence-electron chi connectivity index (χ1n) is 6.65. The average molecular weight is 277 g/mol. The minimum absolute atomic E-state index is 0.0190. The van der Waals surface area contributed by atoms with Crippen LogP contribution in [-0.4, -0.2) is 35.4 Å². The van der Waals surface area contributed by atoms with Gasteiger partial charge in [0.05, 0.1) is 11.3 Å². The van der Waals surface area contributed by atoms with Gasteiger partial charge in [0.2, 0.25) is 5.91 Å². The van der Waals surface area contributed by atoms with Crippen LogP contribution in [0.15, 0.2) is 24.3 Å². The molecular weight excluding hydrogens is 258 g/mol. The molecule has 1 amide bonds. The fraction of sp³-hybridized carbons (Fsp3) is 0.500. The molecule has 0 saturated carbocycles. The highest BCUT2D eigenvalue weighted by Gasteiger charge is 2.34. The number of non-ortho nitro benzene ring substituents is 1. The van der Waals surface area contributed by atoms with Gasteiger partial charge in [-0.3, -0.25) is 14.9 Å². The summed E-state index contributed by atoms with van der Waals surface area (Å²) in [7, 11) is 0. The van der Waals surface area contributed by atoms with Crippen LogP contribution in [0.3, 0.4) is 0 Å². The smallest absolute Gasteiger partial charge is 0.269 e. The summed E-state index contributed by atoms with van der Waals surface area (Å²) in [6.45, 7) is 4.09. The molecule has 0 aliphatic carbocycles. The molecule has 1 aliphatic rings. The Labute approximate surface area is 117 Å². The molecule has 1 fully saturated rings. The molecule has 6 heteroatoms. The zero-order chi connectivity index (χ0) is 14.8. The summed E-state index contributed by atoms with van der Waals surface area (Å²) in [5.41, 5.74) is 6.58. The molecule has 6 nitrogen and oxygen atoms in total. The van der Waals surface area contributed by atoms with E-state index in [2.05, 4.69) is 6.92 Å². The zero-order valence-corrected chi connectivity index (χ0v) is 11.5. The molecule has 2 N–H and O–H groups in total. The Balaban J connectivity index is 1.97. The van der Waals surface area contributed by atoms with Gasteiger partial charge in [-0.25, -0.2) is 0 Å². The lowest BCUT2D eigenvalue weighted by Crippen LogP contribution is -2.35. The van der Waals surface area contributed by atoms with Gasteiger partial charge in [-0.15, -0.1) is 0 Å². The van der Waals surface area contributed by atoms with Crippen LogP contribution >= 0.6 is 0 Å². The lowest BCUT2D eigenvalue weighted by molar-refractivity contribution is -0.384. The molecule has 108 valence electrons. The number of nitrogens with zero attached hydrogens (tertiary/aromatic N) is 2. The Bertz CT molecular complexity index is 515. The van der Waals surface area contributed by atoms with E-state index >= 15 is 0 Å².